The predicted molar refractivity (Wildman–Crippen MR) is 115 cm³/mol. The summed E-state index contributed by atoms with van der Waals surface area (Å²) in [7, 11) is -7.02. The summed E-state index contributed by atoms with van der Waals surface area (Å²) in [6, 6.07) is 4.38. The smallest absolute Gasteiger partial charge is 0.286 e. The first-order valence-electron chi connectivity index (χ1n) is 10.5. The van der Waals surface area contributed by atoms with Crippen LogP contribution < -0.4 is 4.90 Å². The zero-order valence-electron chi connectivity index (χ0n) is 17.1. The minimum atomic E-state index is -3.88. The second kappa shape index (κ2) is 7.96. The standard InChI is InChI=1S/C20H27N3O5S2/c1-2-10-22(16-9-12-29(25,26)14-16)20(24)15-7-8-17-18(13-15)30(27,28)21-19-6-4-3-5-11-23(17)19/h7-8,13,16H,2-6,9-12,14H2,1H3/t16-/m1/s1. The molecule has 8 nitrogen and oxygen atoms in total. The molecule has 4 rings (SSSR count). The number of carbonyl (C=O) groups excluding carboxylic acids is 1. The summed E-state index contributed by atoms with van der Waals surface area (Å²) in [6.45, 7) is 3.06. The largest absolute Gasteiger partial charge is 0.335 e. The zero-order valence-corrected chi connectivity index (χ0v) is 18.7. The van der Waals surface area contributed by atoms with Crippen LogP contribution in [0, 0.1) is 0 Å². The van der Waals surface area contributed by atoms with E-state index in [0.717, 1.165) is 19.3 Å². The van der Waals surface area contributed by atoms with E-state index in [0.29, 0.717) is 43.9 Å². The van der Waals surface area contributed by atoms with E-state index in [4.69, 9.17) is 0 Å². The first-order chi connectivity index (χ1) is 14.2. The molecule has 0 bridgehead atoms. The lowest BCUT2D eigenvalue weighted by molar-refractivity contribution is 0.0697. The Balaban J connectivity index is 1.69. The average molecular weight is 454 g/mol. The minimum absolute atomic E-state index is 0.0383. The molecule has 1 aromatic rings. The number of fused-ring (bicyclic) bond motifs is 3. The molecule has 164 valence electrons. The number of carbonyl (C=O) groups is 1. The lowest BCUT2D eigenvalue weighted by Gasteiger charge is -2.31. The van der Waals surface area contributed by atoms with Gasteiger partial charge in [-0.15, -0.1) is 4.40 Å². The van der Waals surface area contributed by atoms with Crippen molar-refractivity contribution in [1.29, 1.82) is 0 Å². The van der Waals surface area contributed by atoms with Gasteiger partial charge in [0.25, 0.3) is 15.9 Å². The molecule has 30 heavy (non-hydrogen) atoms. The molecule has 10 heteroatoms. The Morgan fingerprint density at radius 3 is 2.70 bits per heavy atom. The highest BCUT2D eigenvalue weighted by atomic mass is 32.2. The van der Waals surface area contributed by atoms with Crippen molar-refractivity contribution in [3.05, 3.63) is 23.8 Å². The molecule has 0 saturated carbocycles. The SMILES string of the molecule is CCCN(C(=O)c1ccc2c(c1)S(=O)(=O)N=C1CCCCCN12)[C@@H]1CCS(=O)(=O)C1. The number of benzene rings is 1. The van der Waals surface area contributed by atoms with E-state index in [9.17, 15) is 21.6 Å². The van der Waals surface area contributed by atoms with Crippen LogP contribution in [-0.2, 0) is 19.9 Å². The number of amides is 1. The Bertz CT molecular complexity index is 1100. The van der Waals surface area contributed by atoms with E-state index < -0.39 is 19.9 Å². The molecule has 0 N–H and O–H groups in total. The fraction of sp³-hybridized carbons (Fsp3) is 0.600. The highest BCUT2D eigenvalue weighted by molar-refractivity contribution is 7.91. The maximum atomic E-state index is 13.3. The first kappa shape index (κ1) is 21.3. The molecule has 0 aromatic heterocycles. The molecule has 0 spiro atoms. The van der Waals surface area contributed by atoms with E-state index in [1.54, 1.807) is 17.0 Å². The molecule has 1 amide bonds. The summed E-state index contributed by atoms with van der Waals surface area (Å²) in [5.74, 6) is 0.282. The van der Waals surface area contributed by atoms with Gasteiger partial charge in [-0.25, -0.2) is 8.42 Å². The van der Waals surface area contributed by atoms with Crippen molar-refractivity contribution in [2.45, 2.75) is 56.4 Å². The number of anilines is 1. The molecule has 3 heterocycles. The summed E-state index contributed by atoms with van der Waals surface area (Å²) >= 11 is 0. The summed E-state index contributed by atoms with van der Waals surface area (Å²) in [6.07, 6.45) is 4.62. The third-order valence-electron chi connectivity index (χ3n) is 5.97. The Morgan fingerprint density at radius 2 is 2.00 bits per heavy atom. The highest BCUT2D eigenvalue weighted by Crippen LogP contribution is 2.35. The molecule has 3 aliphatic heterocycles. The predicted octanol–water partition coefficient (Wildman–Crippen LogP) is 2.21. The van der Waals surface area contributed by atoms with Gasteiger partial charge in [-0.2, -0.15) is 8.42 Å². The van der Waals surface area contributed by atoms with Gasteiger partial charge in [-0.1, -0.05) is 13.3 Å². The number of sulfone groups is 1. The van der Waals surface area contributed by atoms with Crippen LogP contribution in [0.25, 0.3) is 0 Å². The molecule has 3 aliphatic rings. The number of rotatable bonds is 4. The number of nitrogens with zero attached hydrogens (tertiary/aromatic N) is 3. The Kier molecular flexibility index (Phi) is 5.65. The van der Waals surface area contributed by atoms with E-state index in [2.05, 4.69) is 4.40 Å². The van der Waals surface area contributed by atoms with Crippen LogP contribution in [0.3, 0.4) is 0 Å². The molecule has 1 aromatic carbocycles. The van der Waals surface area contributed by atoms with E-state index in [1.807, 2.05) is 11.8 Å². The molecule has 0 aliphatic carbocycles. The highest BCUT2D eigenvalue weighted by Gasteiger charge is 2.36. The van der Waals surface area contributed by atoms with Crippen molar-refractivity contribution in [2.75, 3.05) is 29.5 Å². The Labute approximate surface area is 177 Å². The monoisotopic (exact) mass is 453 g/mol. The lowest BCUT2D eigenvalue weighted by atomic mass is 10.1. The van der Waals surface area contributed by atoms with Gasteiger partial charge in [0.05, 0.1) is 17.2 Å². The van der Waals surface area contributed by atoms with Gasteiger partial charge in [-0.3, -0.25) is 4.79 Å². The van der Waals surface area contributed by atoms with Crippen molar-refractivity contribution in [3.63, 3.8) is 0 Å². The molecule has 0 radical (unpaired) electrons. The Hall–Kier alpha value is -1.94. The molecule has 0 unspecified atom stereocenters. The average Bonchev–Trinajstić information content (AvgIpc) is 2.90. The van der Waals surface area contributed by atoms with E-state index in [1.165, 1.54) is 6.07 Å². The second-order valence-corrected chi connectivity index (χ2v) is 12.0. The number of hydrogen-bond donors (Lipinski definition) is 0. The van der Waals surface area contributed by atoms with Crippen molar-refractivity contribution < 1.29 is 21.6 Å². The summed E-state index contributed by atoms with van der Waals surface area (Å²) in [5, 5.41) is 0. The van der Waals surface area contributed by atoms with Gasteiger partial charge in [0.15, 0.2) is 9.84 Å². The number of amidine groups is 1. The van der Waals surface area contributed by atoms with Crippen molar-refractivity contribution >= 4 is 37.3 Å². The van der Waals surface area contributed by atoms with Gasteiger partial charge in [0.1, 0.15) is 10.7 Å². The van der Waals surface area contributed by atoms with Crippen LogP contribution in [0.15, 0.2) is 27.5 Å². The first-order valence-corrected chi connectivity index (χ1v) is 13.7. The van der Waals surface area contributed by atoms with Crippen molar-refractivity contribution in [2.24, 2.45) is 4.40 Å². The fourth-order valence-electron chi connectivity index (χ4n) is 4.49. The van der Waals surface area contributed by atoms with Gasteiger partial charge >= 0.3 is 0 Å². The third kappa shape index (κ3) is 3.99. The van der Waals surface area contributed by atoms with Crippen LogP contribution in [0.1, 0.15) is 55.8 Å². The van der Waals surface area contributed by atoms with E-state index in [-0.39, 0.29) is 33.9 Å². The third-order valence-corrected chi connectivity index (χ3v) is 9.05. The fourth-order valence-corrected chi connectivity index (χ4v) is 7.51. The van der Waals surface area contributed by atoms with Crippen LogP contribution in [0.5, 0.6) is 0 Å². The molecular formula is C20H27N3O5S2. The van der Waals surface area contributed by atoms with Gasteiger partial charge in [0.2, 0.25) is 0 Å². The van der Waals surface area contributed by atoms with Crippen LogP contribution >= 0.6 is 0 Å². The summed E-state index contributed by atoms with van der Waals surface area (Å²) < 4.78 is 53.5. The van der Waals surface area contributed by atoms with Crippen LogP contribution in [0.4, 0.5) is 5.69 Å². The maximum absolute atomic E-state index is 13.3. The summed E-state index contributed by atoms with van der Waals surface area (Å²) in [5.41, 5.74) is 0.826. The normalized spacial score (nSPS) is 24.4. The van der Waals surface area contributed by atoms with E-state index >= 15 is 0 Å². The molecule has 1 atom stereocenters. The summed E-state index contributed by atoms with van der Waals surface area (Å²) in [4.78, 5) is 16.8. The zero-order chi connectivity index (χ0) is 21.5. The van der Waals surface area contributed by atoms with Crippen LogP contribution in [-0.4, -0.2) is 64.1 Å². The maximum Gasteiger partial charge on any atom is 0.286 e. The quantitative estimate of drug-likeness (QED) is 0.692. The van der Waals surface area contributed by atoms with Gasteiger partial charge in [-0.05, 0) is 43.9 Å². The number of sulfonamides is 1. The topological polar surface area (TPSA) is 104 Å². The Morgan fingerprint density at radius 1 is 1.20 bits per heavy atom. The van der Waals surface area contributed by atoms with Gasteiger partial charge in [0, 0.05) is 31.1 Å². The van der Waals surface area contributed by atoms with Crippen LogP contribution in [0.2, 0.25) is 0 Å². The molecule has 2 saturated heterocycles. The minimum Gasteiger partial charge on any atom is -0.335 e. The molecular weight excluding hydrogens is 426 g/mol. The van der Waals surface area contributed by atoms with Crippen molar-refractivity contribution in [3.8, 4) is 0 Å². The second-order valence-electron chi connectivity index (χ2n) is 8.18. The lowest BCUT2D eigenvalue weighted by Crippen LogP contribution is -2.42. The molecule has 2 fully saturated rings. The van der Waals surface area contributed by atoms with Gasteiger partial charge < -0.3 is 9.80 Å². The van der Waals surface area contributed by atoms with Crippen molar-refractivity contribution in [1.82, 2.24) is 4.90 Å². The number of hydrogen-bond acceptors (Lipinski definition) is 6.